The lowest BCUT2D eigenvalue weighted by atomic mass is 10.0. The molecule has 3 heteroatoms. The Morgan fingerprint density at radius 2 is 2.20 bits per heavy atom. The van der Waals surface area contributed by atoms with Crippen LogP contribution in [-0.2, 0) is 11.2 Å². The Morgan fingerprint density at radius 1 is 1.40 bits per heavy atom. The predicted molar refractivity (Wildman–Crippen MR) is 87.4 cm³/mol. The number of amides is 1. The SMILES string of the molecule is Cc1ccc(C)c(CC(=O)N2CCCC2CCCBr)c1. The molecule has 1 unspecified atom stereocenters. The molecule has 0 spiro atoms. The summed E-state index contributed by atoms with van der Waals surface area (Å²) in [5.41, 5.74) is 3.64. The smallest absolute Gasteiger partial charge is 0.227 e. The number of carbonyl (C=O) groups excluding carboxylic acids is 1. The van der Waals surface area contributed by atoms with Crippen molar-refractivity contribution >= 4 is 21.8 Å². The first kappa shape index (κ1) is 15.6. The summed E-state index contributed by atoms with van der Waals surface area (Å²) in [5, 5.41) is 1.03. The van der Waals surface area contributed by atoms with Crippen molar-refractivity contribution in [2.45, 2.75) is 52.0 Å². The number of halogens is 1. The van der Waals surface area contributed by atoms with E-state index in [1.165, 1.54) is 23.1 Å². The summed E-state index contributed by atoms with van der Waals surface area (Å²) in [4.78, 5) is 14.7. The Balaban J connectivity index is 2.01. The van der Waals surface area contributed by atoms with E-state index < -0.39 is 0 Å². The third kappa shape index (κ3) is 3.85. The second-order valence-corrected chi connectivity index (χ2v) is 6.61. The van der Waals surface area contributed by atoms with E-state index in [0.29, 0.717) is 18.4 Å². The molecule has 0 saturated carbocycles. The maximum Gasteiger partial charge on any atom is 0.227 e. The molecule has 1 aromatic rings. The van der Waals surface area contributed by atoms with Crippen LogP contribution in [0.15, 0.2) is 18.2 Å². The molecule has 2 rings (SSSR count). The highest BCUT2D eigenvalue weighted by Crippen LogP contribution is 2.23. The first-order chi connectivity index (χ1) is 9.61. The van der Waals surface area contributed by atoms with E-state index in [1.807, 2.05) is 0 Å². The van der Waals surface area contributed by atoms with Gasteiger partial charge in [0.2, 0.25) is 5.91 Å². The number of hydrogen-bond acceptors (Lipinski definition) is 1. The molecule has 1 saturated heterocycles. The van der Waals surface area contributed by atoms with Crippen LogP contribution in [0.25, 0.3) is 0 Å². The summed E-state index contributed by atoms with van der Waals surface area (Å²) in [6.45, 7) is 5.12. The molecule has 0 aliphatic carbocycles. The van der Waals surface area contributed by atoms with Crippen molar-refractivity contribution in [1.29, 1.82) is 0 Å². The van der Waals surface area contributed by atoms with Gasteiger partial charge in [0.15, 0.2) is 0 Å². The largest absolute Gasteiger partial charge is 0.339 e. The van der Waals surface area contributed by atoms with Crippen LogP contribution in [0, 0.1) is 13.8 Å². The van der Waals surface area contributed by atoms with Crippen LogP contribution in [0.2, 0.25) is 0 Å². The van der Waals surface area contributed by atoms with Gasteiger partial charge in [0.25, 0.3) is 0 Å². The van der Waals surface area contributed by atoms with Crippen molar-refractivity contribution in [2.75, 3.05) is 11.9 Å². The molecule has 1 aliphatic heterocycles. The number of hydrogen-bond donors (Lipinski definition) is 0. The van der Waals surface area contributed by atoms with E-state index in [9.17, 15) is 4.79 Å². The van der Waals surface area contributed by atoms with Gasteiger partial charge in [-0.05, 0) is 50.7 Å². The van der Waals surface area contributed by atoms with Crippen molar-refractivity contribution in [3.63, 3.8) is 0 Å². The molecular weight excluding hydrogens is 314 g/mol. The van der Waals surface area contributed by atoms with Gasteiger partial charge in [0.05, 0.1) is 6.42 Å². The second kappa shape index (κ2) is 7.26. The average molecular weight is 338 g/mol. The molecule has 0 N–H and O–H groups in total. The Hall–Kier alpha value is -0.830. The van der Waals surface area contributed by atoms with E-state index >= 15 is 0 Å². The fraction of sp³-hybridized carbons (Fsp3) is 0.588. The molecule has 1 fully saturated rings. The molecule has 1 aromatic carbocycles. The zero-order valence-corrected chi connectivity index (χ0v) is 14.1. The Labute approximate surface area is 130 Å². The molecule has 0 aromatic heterocycles. The zero-order chi connectivity index (χ0) is 14.5. The van der Waals surface area contributed by atoms with Crippen molar-refractivity contribution in [1.82, 2.24) is 4.90 Å². The first-order valence-electron chi connectivity index (χ1n) is 7.53. The number of rotatable bonds is 5. The summed E-state index contributed by atoms with van der Waals surface area (Å²) < 4.78 is 0. The summed E-state index contributed by atoms with van der Waals surface area (Å²) in [5.74, 6) is 0.302. The number of aryl methyl sites for hydroxylation is 2. The highest BCUT2D eigenvalue weighted by Gasteiger charge is 2.28. The van der Waals surface area contributed by atoms with Crippen molar-refractivity contribution in [3.8, 4) is 0 Å². The summed E-state index contributed by atoms with van der Waals surface area (Å²) in [7, 11) is 0. The third-order valence-electron chi connectivity index (χ3n) is 4.21. The van der Waals surface area contributed by atoms with Crippen LogP contribution in [-0.4, -0.2) is 28.7 Å². The lowest BCUT2D eigenvalue weighted by Crippen LogP contribution is -2.36. The molecule has 1 heterocycles. The van der Waals surface area contributed by atoms with E-state index in [-0.39, 0.29) is 0 Å². The van der Waals surface area contributed by atoms with Crippen LogP contribution < -0.4 is 0 Å². The van der Waals surface area contributed by atoms with E-state index in [4.69, 9.17) is 0 Å². The third-order valence-corrected chi connectivity index (χ3v) is 4.78. The van der Waals surface area contributed by atoms with E-state index in [2.05, 4.69) is 52.9 Å². The highest BCUT2D eigenvalue weighted by atomic mass is 79.9. The van der Waals surface area contributed by atoms with Gasteiger partial charge in [0, 0.05) is 17.9 Å². The molecule has 110 valence electrons. The molecule has 2 nitrogen and oxygen atoms in total. The van der Waals surface area contributed by atoms with Gasteiger partial charge in [0.1, 0.15) is 0 Å². The number of alkyl halides is 1. The van der Waals surface area contributed by atoms with Gasteiger partial charge in [-0.3, -0.25) is 4.79 Å². The van der Waals surface area contributed by atoms with Gasteiger partial charge in [-0.25, -0.2) is 0 Å². The van der Waals surface area contributed by atoms with Crippen molar-refractivity contribution in [2.24, 2.45) is 0 Å². The minimum absolute atomic E-state index is 0.302. The standard InChI is InChI=1S/C17H24BrNO/c1-13-7-8-14(2)15(11-13)12-17(20)19-10-4-6-16(19)5-3-9-18/h7-8,11,16H,3-6,9-10,12H2,1-2H3. The summed E-state index contributed by atoms with van der Waals surface area (Å²) >= 11 is 3.48. The molecule has 1 atom stereocenters. The van der Waals surface area contributed by atoms with Gasteiger partial charge >= 0.3 is 0 Å². The number of benzene rings is 1. The van der Waals surface area contributed by atoms with Gasteiger partial charge in [-0.2, -0.15) is 0 Å². The number of carbonyl (C=O) groups is 1. The summed E-state index contributed by atoms with van der Waals surface area (Å²) in [6, 6.07) is 6.84. The van der Waals surface area contributed by atoms with Crippen LogP contribution in [0.3, 0.4) is 0 Å². The fourth-order valence-electron chi connectivity index (χ4n) is 3.03. The Morgan fingerprint density at radius 3 is 2.95 bits per heavy atom. The Bertz CT molecular complexity index is 472. The molecular formula is C17H24BrNO. The maximum atomic E-state index is 12.6. The Kier molecular flexibility index (Phi) is 5.64. The van der Waals surface area contributed by atoms with Crippen molar-refractivity contribution < 1.29 is 4.79 Å². The minimum atomic E-state index is 0.302. The molecule has 0 bridgehead atoms. The number of nitrogens with zero attached hydrogens (tertiary/aromatic N) is 1. The maximum absolute atomic E-state index is 12.6. The van der Waals surface area contributed by atoms with Gasteiger partial charge < -0.3 is 4.90 Å². The number of likely N-dealkylation sites (tertiary alicyclic amines) is 1. The quantitative estimate of drug-likeness (QED) is 0.743. The predicted octanol–water partition coefficient (Wildman–Crippen LogP) is 4.01. The second-order valence-electron chi connectivity index (χ2n) is 5.82. The first-order valence-corrected chi connectivity index (χ1v) is 8.65. The van der Waals surface area contributed by atoms with Crippen LogP contribution >= 0.6 is 15.9 Å². The zero-order valence-electron chi connectivity index (χ0n) is 12.5. The average Bonchev–Trinajstić information content (AvgIpc) is 2.89. The lowest BCUT2D eigenvalue weighted by Gasteiger charge is -2.25. The lowest BCUT2D eigenvalue weighted by molar-refractivity contribution is -0.131. The van der Waals surface area contributed by atoms with Gasteiger partial charge in [-0.1, -0.05) is 39.7 Å². The summed E-state index contributed by atoms with van der Waals surface area (Å²) in [6.07, 6.45) is 5.16. The van der Waals surface area contributed by atoms with Crippen LogP contribution in [0.4, 0.5) is 0 Å². The van der Waals surface area contributed by atoms with Crippen LogP contribution in [0.1, 0.15) is 42.4 Å². The monoisotopic (exact) mass is 337 g/mol. The van der Waals surface area contributed by atoms with Crippen LogP contribution in [0.5, 0.6) is 0 Å². The highest BCUT2D eigenvalue weighted by molar-refractivity contribution is 9.09. The fourth-order valence-corrected chi connectivity index (χ4v) is 3.36. The topological polar surface area (TPSA) is 20.3 Å². The van der Waals surface area contributed by atoms with E-state index in [0.717, 1.165) is 31.1 Å². The minimum Gasteiger partial charge on any atom is -0.339 e. The molecule has 20 heavy (non-hydrogen) atoms. The molecule has 1 amide bonds. The van der Waals surface area contributed by atoms with Gasteiger partial charge in [-0.15, -0.1) is 0 Å². The molecule has 1 aliphatic rings. The van der Waals surface area contributed by atoms with E-state index in [1.54, 1.807) is 0 Å². The van der Waals surface area contributed by atoms with Crippen molar-refractivity contribution in [3.05, 3.63) is 34.9 Å². The normalized spacial score (nSPS) is 18.6. The molecule has 0 radical (unpaired) electrons.